The van der Waals surface area contributed by atoms with Gasteiger partial charge < -0.3 is 29.8 Å². The summed E-state index contributed by atoms with van der Waals surface area (Å²) < 4.78 is 11.3. The van der Waals surface area contributed by atoms with E-state index in [4.69, 9.17) is 21.1 Å². The Labute approximate surface area is 222 Å². The molecule has 6 rings (SSSR count). The number of benzene rings is 2. The third-order valence-corrected chi connectivity index (χ3v) is 6.80. The van der Waals surface area contributed by atoms with Crippen molar-refractivity contribution in [2.24, 2.45) is 4.99 Å². The number of hydrogen-bond donors (Lipinski definition) is 5. The summed E-state index contributed by atoms with van der Waals surface area (Å²) in [5.74, 6) is 0. The van der Waals surface area contributed by atoms with E-state index in [9.17, 15) is 15.3 Å². The average Bonchev–Trinajstić information content (AvgIpc) is 3.53. The zero-order valence-corrected chi connectivity index (χ0v) is 20.8. The van der Waals surface area contributed by atoms with Crippen LogP contribution >= 0.6 is 11.6 Å². The highest BCUT2D eigenvalue weighted by Gasteiger charge is 2.31. The van der Waals surface area contributed by atoms with Gasteiger partial charge in [-0.2, -0.15) is 10.4 Å². The first-order valence-corrected chi connectivity index (χ1v) is 12.5. The number of aliphatic imine (C=N–C) groups is 1. The fourth-order valence-electron chi connectivity index (χ4n) is 4.50. The van der Waals surface area contributed by atoms with E-state index in [0.717, 1.165) is 22.4 Å². The van der Waals surface area contributed by atoms with Crippen LogP contribution in [0.15, 0.2) is 59.6 Å². The lowest BCUT2D eigenvalue weighted by molar-refractivity contribution is -0.131. The number of nitrogens with zero attached hydrogens (tertiary/aromatic N) is 4. The Hall–Kier alpha value is -3.58. The highest BCUT2D eigenvalue weighted by molar-refractivity contribution is 6.33. The number of aliphatic hydroxyl groups is 3. The fourth-order valence-corrected chi connectivity index (χ4v) is 4.76. The summed E-state index contributed by atoms with van der Waals surface area (Å²) in [7, 11) is 0. The lowest BCUT2D eigenvalue weighted by Gasteiger charge is -2.31. The monoisotopic (exact) mass is 536 g/mol. The highest BCUT2D eigenvalue weighted by Crippen LogP contribution is 2.32. The van der Waals surface area contributed by atoms with Crippen molar-refractivity contribution in [2.45, 2.75) is 31.1 Å². The molecule has 0 radical (unpaired) electrons. The normalized spacial score (nSPS) is 23.3. The number of halogens is 1. The standard InChI is InChI=1S/C26H25ClN6O5/c27-19-10-20-24(31-26(29-20)38-18-9-21(35)22(11-34)37-12-18)30-23(19)16-3-1-14(2-4-16)15-5-7-17(8-6-15)33-13-28-25(36)32-33/h1-8,10,13,18,21-22,25,32,34-36H,9,11-12H2,(H,29,30,31)/t18-,21+,22-,25?/m1/s1. The molecule has 2 aromatic heterocycles. The van der Waals surface area contributed by atoms with Gasteiger partial charge in [0.2, 0.25) is 6.35 Å². The van der Waals surface area contributed by atoms with E-state index < -0.39 is 24.7 Å². The van der Waals surface area contributed by atoms with Crippen molar-refractivity contribution < 1.29 is 24.8 Å². The third kappa shape index (κ3) is 4.95. The number of aromatic nitrogens is 3. The molecule has 4 heterocycles. The molecule has 196 valence electrons. The number of H-pyrrole nitrogens is 1. The topological polar surface area (TPSA) is 148 Å². The minimum Gasteiger partial charge on any atom is -0.459 e. The van der Waals surface area contributed by atoms with E-state index in [-0.39, 0.29) is 19.2 Å². The number of hydrazine groups is 1. The van der Waals surface area contributed by atoms with Crippen molar-refractivity contribution in [2.75, 3.05) is 18.2 Å². The summed E-state index contributed by atoms with van der Waals surface area (Å²) in [5, 5.41) is 30.9. The van der Waals surface area contributed by atoms with Crippen LogP contribution < -0.4 is 15.2 Å². The van der Waals surface area contributed by atoms with Crippen molar-refractivity contribution in [3.63, 3.8) is 0 Å². The average molecular weight is 537 g/mol. The summed E-state index contributed by atoms with van der Waals surface area (Å²) in [6, 6.07) is 17.8. The van der Waals surface area contributed by atoms with Crippen LogP contribution in [-0.4, -0.2) is 74.5 Å². The number of rotatable bonds is 6. The molecule has 0 amide bonds. The van der Waals surface area contributed by atoms with Gasteiger partial charge in [-0.1, -0.05) is 48.0 Å². The van der Waals surface area contributed by atoms with E-state index in [1.165, 1.54) is 0 Å². The van der Waals surface area contributed by atoms with Gasteiger partial charge in [-0.05, 0) is 29.3 Å². The van der Waals surface area contributed by atoms with Crippen molar-refractivity contribution in [3.8, 4) is 28.4 Å². The van der Waals surface area contributed by atoms with Gasteiger partial charge in [0.05, 0.1) is 41.2 Å². The zero-order valence-electron chi connectivity index (χ0n) is 20.0. The van der Waals surface area contributed by atoms with Crippen molar-refractivity contribution in [1.29, 1.82) is 0 Å². The lowest BCUT2D eigenvalue weighted by Crippen LogP contribution is -2.45. The number of imidazole rings is 1. The highest BCUT2D eigenvalue weighted by atomic mass is 35.5. The molecule has 0 saturated carbocycles. The van der Waals surface area contributed by atoms with E-state index in [0.29, 0.717) is 28.3 Å². The molecule has 1 saturated heterocycles. The molecule has 0 bridgehead atoms. The maximum absolute atomic E-state index is 10.1. The van der Waals surface area contributed by atoms with Gasteiger partial charge in [0.1, 0.15) is 18.5 Å². The van der Waals surface area contributed by atoms with Gasteiger partial charge in [-0.3, -0.25) is 5.01 Å². The summed E-state index contributed by atoms with van der Waals surface area (Å²) >= 11 is 6.57. The minimum atomic E-state index is -0.927. The van der Waals surface area contributed by atoms with Crippen molar-refractivity contribution in [1.82, 2.24) is 20.4 Å². The Morgan fingerprint density at radius 2 is 1.74 bits per heavy atom. The SMILES string of the molecule is OC[C@H]1OC[C@H](Oc2nc3nc(-c4ccc(-c5ccc(N6C=NC(O)N6)cc5)cc4)c(Cl)cc3[nH]2)C[C@@H]1O. The molecule has 1 unspecified atom stereocenters. The summed E-state index contributed by atoms with van der Waals surface area (Å²) in [5.41, 5.74) is 8.24. The van der Waals surface area contributed by atoms with Crippen LogP contribution in [0, 0.1) is 0 Å². The predicted molar refractivity (Wildman–Crippen MR) is 142 cm³/mol. The van der Waals surface area contributed by atoms with Crippen LogP contribution in [0.5, 0.6) is 6.01 Å². The quantitative estimate of drug-likeness (QED) is 0.250. The molecule has 5 N–H and O–H groups in total. The number of ether oxygens (including phenoxy) is 2. The van der Waals surface area contributed by atoms with Crippen LogP contribution in [0.25, 0.3) is 33.5 Å². The van der Waals surface area contributed by atoms with E-state index in [2.05, 4.69) is 25.4 Å². The van der Waals surface area contributed by atoms with Gasteiger partial charge in [0, 0.05) is 12.0 Å². The second-order valence-electron chi connectivity index (χ2n) is 9.09. The Morgan fingerprint density at radius 1 is 1.03 bits per heavy atom. The lowest BCUT2D eigenvalue weighted by atomic mass is 10.0. The smallest absolute Gasteiger partial charge is 0.296 e. The maximum atomic E-state index is 10.1. The first kappa shape index (κ1) is 24.7. The maximum Gasteiger partial charge on any atom is 0.296 e. The molecule has 2 aliphatic rings. The molecule has 2 aromatic carbocycles. The Balaban J connectivity index is 1.18. The second-order valence-corrected chi connectivity index (χ2v) is 9.50. The van der Waals surface area contributed by atoms with Gasteiger partial charge in [-0.25, -0.2) is 9.98 Å². The van der Waals surface area contributed by atoms with Crippen molar-refractivity contribution in [3.05, 3.63) is 59.6 Å². The largest absolute Gasteiger partial charge is 0.459 e. The summed E-state index contributed by atoms with van der Waals surface area (Å²) in [6.07, 6.45) is -0.882. The Kier molecular flexibility index (Phi) is 6.70. The summed E-state index contributed by atoms with van der Waals surface area (Å²) in [6.45, 7) is -0.00466. The molecule has 38 heavy (non-hydrogen) atoms. The van der Waals surface area contributed by atoms with E-state index >= 15 is 0 Å². The molecule has 1 fully saturated rings. The third-order valence-electron chi connectivity index (χ3n) is 6.51. The predicted octanol–water partition coefficient (Wildman–Crippen LogP) is 2.46. The number of pyridine rings is 1. The van der Waals surface area contributed by atoms with E-state index in [1.54, 1.807) is 17.4 Å². The molecule has 4 atom stereocenters. The number of hydrogen-bond acceptors (Lipinski definition) is 10. The van der Waals surface area contributed by atoms with Crippen LogP contribution in [0.1, 0.15) is 6.42 Å². The van der Waals surface area contributed by atoms with Gasteiger partial charge in [-0.15, -0.1) is 0 Å². The molecule has 2 aliphatic heterocycles. The zero-order chi connectivity index (χ0) is 26.2. The first-order valence-electron chi connectivity index (χ1n) is 12.1. The molecule has 12 heteroatoms. The Morgan fingerprint density at radius 3 is 2.39 bits per heavy atom. The van der Waals surface area contributed by atoms with Crippen LogP contribution in [0.4, 0.5) is 5.69 Å². The summed E-state index contributed by atoms with van der Waals surface area (Å²) in [4.78, 5) is 16.0. The van der Waals surface area contributed by atoms with Crippen LogP contribution in [0.3, 0.4) is 0 Å². The second kappa shape index (κ2) is 10.3. The van der Waals surface area contributed by atoms with Crippen LogP contribution in [-0.2, 0) is 4.74 Å². The molecule has 11 nitrogen and oxygen atoms in total. The van der Waals surface area contributed by atoms with Gasteiger partial charge in [0.15, 0.2) is 5.65 Å². The van der Waals surface area contributed by atoms with Crippen molar-refractivity contribution >= 4 is 34.8 Å². The number of aromatic amines is 1. The minimum absolute atomic E-state index is 0.236. The first-order chi connectivity index (χ1) is 18.5. The molecule has 4 aromatic rings. The molecular formula is C26H25ClN6O5. The van der Waals surface area contributed by atoms with Gasteiger partial charge in [0.25, 0.3) is 6.01 Å². The van der Waals surface area contributed by atoms with Crippen LogP contribution in [0.2, 0.25) is 5.02 Å². The number of nitrogens with one attached hydrogen (secondary N) is 2. The fraction of sp³-hybridized carbons (Fsp3) is 0.269. The van der Waals surface area contributed by atoms with E-state index in [1.807, 2.05) is 48.5 Å². The number of fused-ring (bicyclic) bond motifs is 1. The Bertz CT molecular complexity index is 1460. The van der Waals surface area contributed by atoms with Gasteiger partial charge >= 0.3 is 0 Å². The number of aliphatic hydroxyl groups excluding tert-OH is 3. The molecule has 0 aliphatic carbocycles. The number of anilines is 1. The molecular weight excluding hydrogens is 512 g/mol. The molecule has 0 spiro atoms.